The Hall–Kier alpha value is -3.03. The number of benzene rings is 1. The average molecular weight is 360 g/mol. The Morgan fingerprint density at radius 2 is 2.00 bits per heavy atom. The molecule has 2 aromatic rings. The molecule has 0 bridgehead atoms. The second kappa shape index (κ2) is 9.45. The van der Waals surface area contributed by atoms with E-state index in [0.717, 1.165) is 6.42 Å². The first-order valence-corrected chi connectivity index (χ1v) is 8.38. The van der Waals surface area contributed by atoms with Gasteiger partial charge in [0.05, 0.1) is 12.8 Å². The first-order valence-electron chi connectivity index (χ1n) is 8.38. The number of nitrogens with one attached hydrogen (secondary N) is 2. The normalized spacial score (nSPS) is 10.5. The molecule has 0 radical (unpaired) electrons. The van der Waals surface area contributed by atoms with E-state index in [1.807, 2.05) is 6.07 Å². The summed E-state index contributed by atoms with van der Waals surface area (Å²) in [6, 6.07) is 8.28. The lowest BCUT2D eigenvalue weighted by molar-refractivity contribution is -0.116. The van der Waals surface area contributed by atoms with Crippen LogP contribution in [0.2, 0.25) is 0 Å². The van der Waals surface area contributed by atoms with Gasteiger partial charge in [-0.2, -0.15) is 0 Å². The van der Waals surface area contributed by atoms with E-state index in [1.165, 1.54) is 24.3 Å². The second-order valence-electron chi connectivity index (χ2n) is 6.17. The molecule has 1 heterocycles. The van der Waals surface area contributed by atoms with Gasteiger partial charge in [-0.1, -0.05) is 31.1 Å². The molecule has 26 heavy (non-hydrogen) atoms. The summed E-state index contributed by atoms with van der Waals surface area (Å²) in [5.41, 5.74) is 0.548. The molecule has 0 saturated heterocycles. The first-order chi connectivity index (χ1) is 12.5. The summed E-state index contributed by atoms with van der Waals surface area (Å²) in [5, 5.41) is 9.02. The van der Waals surface area contributed by atoms with Crippen LogP contribution in [0.5, 0.6) is 5.75 Å². The number of methoxy groups -OCH3 is 1. The van der Waals surface area contributed by atoms with Crippen molar-refractivity contribution in [2.24, 2.45) is 5.92 Å². The van der Waals surface area contributed by atoms with Gasteiger partial charge in [0, 0.05) is 12.6 Å². The van der Waals surface area contributed by atoms with Crippen LogP contribution in [0.4, 0.5) is 16.3 Å². The maximum absolute atomic E-state index is 12.7. The standard InChI is InChI=1S/C18H24N4O4/c1-13(2)8-10-22(12-17(23)20-16-9-11-26-21-16)18(24)19-14-6-4-5-7-15(14)25-3/h4-7,9,11,13H,8,10,12H2,1-3H3,(H,19,24)(H,20,21,23). The number of hydrogen-bond acceptors (Lipinski definition) is 5. The monoisotopic (exact) mass is 360 g/mol. The van der Waals surface area contributed by atoms with Gasteiger partial charge >= 0.3 is 6.03 Å². The van der Waals surface area contributed by atoms with E-state index >= 15 is 0 Å². The Balaban J connectivity index is 2.04. The van der Waals surface area contributed by atoms with Crippen molar-refractivity contribution in [2.45, 2.75) is 20.3 Å². The largest absolute Gasteiger partial charge is 0.495 e. The fourth-order valence-electron chi connectivity index (χ4n) is 2.24. The van der Waals surface area contributed by atoms with Crippen LogP contribution in [0, 0.1) is 5.92 Å². The van der Waals surface area contributed by atoms with Crippen LogP contribution in [0.1, 0.15) is 20.3 Å². The van der Waals surface area contributed by atoms with E-state index in [0.29, 0.717) is 29.7 Å². The third-order valence-corrected chi connectivity index (χ3v) is 3.65. The van der Waals surface area contributed by atoms with E-state index in [4.69, 9.17) is 4.74 Å². The highest BCUT2D eigenvalue weighted by molar-refractivity contribution is 5.97. The number of urea groups is 1. The van der Waals surface area contributed by atoms with Crippen molar-refractivity contribution >= 4 is 23.4 Å². The molecule has 0 aliphatic heterocycles. The van der Waals surface area contributed by atoms with Gasteiger partial charge in [0.15, 0.2) is 5.82 Å². The Labute approximate surface area is 152 Å². The molecule has 0 aliphatic carbocycles. The van der Waals surface area contributed by atoms with E-state index < -0.39 is 0 Å². The smallest absolute Gasteiger partial charge is 0.322 e. The van der Waals surface area contributed by atoms with Crippen molar-refractivity contribution in [1.29, 1.82) is 0 Å². The van der Waals surface area contributed by atoms with Crippen LogP contribution in [0.25, 0.3) is 0 Å². The van der Waals surface area contributed by atoms with E-state index in [-0.39, 0.29) is 18.5 Å². The maximum atomic E-state index is 12.7. The molecule has 0 atom stereocenters. The van der Waals surface area contributed by atoms with Crippen molar-refractivity contribution in [3.05, 3.63) is 36.6 Å². The minimum Gasteiger partial charge on any atom is -0.495 e. The molecule has 2 N–H and O–H groups in total. The molecule has 0 unspecified atom stereocenters. The lowest BCUT2D eigenvalue weighted by Gasteiger charge is -2.23. The highest BCUT2D eigenvalue weighted by Crippen LogP contribution is 2.23. The van der Waals surface area contributed by atoms with Crippen molar-refractivity contribution in [3.8, 4) is 5.75 Å². The minimum absolute atomic E-state index is 0.0967. The zero-order valence-corrected chi connectivity index (χ0v) is 15.2. The summed E-state index contributed by atoms with van der Waals surface area (Å²) >= 11 is 0. The van der Waals surface area contributed by atoms with Gasteiger partial charge in [-0.3, -0.25) is 4.79 Å². The van der Waals surface area contributed by atoms with E-state index in [1.54, 1.807) is 18.2 Å². The molecule has 0 aliphatic rings. The number of carbonyl (C=O) groups excluding carboxylic acids is 2. The highest BCUT2D eigenvalue weighted by atomic mass is 16.5. The molecule has 2 rings (SSSR count). The number of para-hydroxylation sites is 2. The fraction of sp³-hybridized carbons (Fsp3) is 0.389. The molecule has 140 valence electrons. The minimum atomic E-state index is -0.370. The molecule has 0 saturated carbocycles. The number of rotatable bonds is 8. The highest BCUT2D eigenvalue weighted by Gasteiger charge is 2.19. The van der Waals surface area contributed by atoms with Gasteiger partial charge in [-0.05, 0) is 24.5 Å². The number of aromatic nitrogens is 1. The third kappa shape index (κ3) is 5.80. The maximum Gasteiger partial charge on any atom is 0.322 e. The predicted octanol–water partition coefficient (Wildman–Crippen LogP) is 3.20. The number of ether oxygens (including phenoxy) is 1. The molecular weight excluding hydrogens is 336 g/mol. The average Bonchev–Trinajstić information content (AvgIpc) is 3.11. The molecule has 3 amide bonds. The summed E-state index contributed by atoms with van der Waals surface area (Å²) in [6.07, 6.45) is 2.14. The summed E-state index contributed by atoms with van der Waals surface area (Å²) in [6.45, 7) is 4.48. The predicted molar refractivity (Wildman–Crippen MR) is 98.2 cm³/mol. The summed E-state index contributed by atoms with van der Waals surface area (Å²) in [5.74, 6) is 0.911. The van der Waals surface area contributed by atoms with Crippen LogP contribution in [0.15, 0.2) is 41.1 Å². The number of nitrogens with zero attached hydrogens (tertiary/aromatic N) is 2. The summed E-state index contributed by atoms with van der Waals surface area (Å²) in [4.78, 5) is 26.3. The molecule has 8 nitrogen and oxygen atoms in total. The van der Waals surface area contributed by atoms with Crippen LogP contribution >= 0.6 is 0 Å². The molecule has 8 heteroatoms. The topological polar surface area (TPSA) is 96.7 Å². The van der Waals surface area contributed by atoms with Gasteiger partial charge in [0.1, 0.15) is 18.6 Å². The first kappa shape index (κ1) is 19.3. The van der Waals surface area contributed by atoms with Crippen LogP contribution in [-0.4, -0.2) is 42.2 Å². The lowest BCUT2D eigenvalue weighted by Crippen LogP contribution is -2.41. The zero-order chi connectivity index (χ0) is 18.9. The van der Waals surface area contributed by atoms with Crippen molar-refractivity contribution in [3.63, 3.8) is 0 Å². The van der Waals surface area contributed by atoms with Gasteiger partial charge in [0.25, 0.3) is 0 Å². The zero-order valence-electron chi connectivity index (χ0n) is 15.2. The van der Waals surface area contributed by atoms with Crippen molar-refractivity contribution < 1.29 is 18.8 Å². The van der Waals surface area contributed by atoms with Gasteiger partial charge in [-0.25, -0.2) is 4.79 Å². The molecule has 0 fully saturated rings. The summed E-state index contributed by atoms with van der Waals surface area (Å²) in [7, 11) is 1.53. The van der Waals surface area contributed by atoms with Crippen LogP contribution in [-0.2, 0) is 4.79 Å². The van der Waals surface area contributed by atoms with Gasteiger partial charge < -0.3 is 24.8 Å². The van der Waals surface area contributed by atoms with E-state index in [9.17, 15) is 9.59 Å². The molecular formula is C18H24N4O4. The van der Waals surface area contributed by atoms with E-state index in [2.05, 4.69) is 34.2 Å². The SMILES string of the molecule is COc1ccccc1NC(=O)N(CCC(C)C)CC(=O)Nc1ccon1. The number of hydrogen-bond donors (Lipinski definition) is 2. The fourth-order valence-corrected chi connectivity index (χ4v) is 2.24. The number of anilines is 2. The van der Waals surface area contributed by atoms with Crippen molar-refractivity contribution in [1.82, 2.24) is 10.1 Å². The molecule has 0 spiro atoms. The quantitative estimate of drug-likeness (QED) is 0.753. The lowest BCUT2D eigenvalue weighted by atomic mass is 10.1. The number of amides is 3. The van der Waals surface area contributed by atoms with Crippen molar-refractivity contribution in [2.75, 3.05) is 30.8 Å². The van der Waals surface area contributed by atoms with Gasteiger partial charge in [0.2, 0.25) is 5.91 Å². The molecule has 1 aromatic heterocycles. The van der Waals surface area contributed by atoms with Crippen LogP contribution < -0.4 is 15.4 Å². The Morgan fingerprint density at radius 1 is 1.23 bits per heavy atom. The Bertz CT molecular complexity index is 716. The number of carbonyl (C=O) groups is 2. The van der Waals surface area contributed by atoms with Crippen LogP contribution in [0.3, 0.4) is 0 Å². The molecule has 1 aromatic carbocycles. The third-order valence-electron chi connectivity index (χ3n) is 3.65. The second-order valence-corrected chi connectivity index (χ2v) is 6.17. The summed E-state index contributed by atoms with van der Waals surface area (Å²) < 4.78 is 9.92. The Morgan fingerprint density at radius 3 is 2.65 bits per heavy atom. The van der Waals surface area contributed by atoms with Gasteiger partial charge in [-0.15, -0.1) is 0 Å². The Kier molecular flexibility index (Phi) is 7.02.